The average Bonchev–Trinajstić information content (AvgIpc) is 3.16. The van der Waals surface area contributed by atoms with Crippen LogP contribution >= 0.6 is 0 Å². The number of para-hydroxylation sites is 1. The zero-order valence-corrected chi connectivity index (χ0v) is 11.4. The van der Waals surface area contributed by atoms with Crippen molar-refractivity contribution in [3.63, 3.8) is 0 Å². The van der Waals surface area contributed by atoms with Crippen molar-refractivity contribution in [3.05, 3.63) is 54.1 Å². The van der Waals surface area contributed by atoms with Gasteiger partial charge in [-0.25, -0.2) is 4.68 Å². The third-order valence-corrected chi connectivity index (χ3v) is 2.84. The molecule has 2 aromatic heterocycles. The lowest BCUT2D eigenvalue weighted by Crippen LogP contribution is -2.13. The Labute approximate surface area is 127 Å². The number of aromatic amines is 1. The van der Waals surface area contributed by atoms with Crippen LogP contribution in [0, 0.1) is 0 Å². The Hall–Kier alpha value is -3.17. The monoisotopic (exact) mass is 322 g/mol. The number of halogens is 3. The number of anilines is 1. The van der Waals surface area contributed by atoms with Crippen LogP contribution in [0.25, 0.3) is 5.69 Å². The van der Waals surface area contributed by atoms with Gasteiger partial charge in [-0.05, 0) is 12.1 Å². The lowest BCUT2D eigenvalue weighted by molar-refractivity contribution is -0.144. The first-order valence-corrected chi connectivity index (χ1v) is 6.34. The minimum absolute atomic E-state index is 0.159. The van der Waals surface area contributed by atoms with Crippen LogP contribution in [0.3, 0.4) is 0 Å². The van der Waals surface area contributed by atoms with E-state index in [-0.39, 0.29) is 5.56 Å². The molecule has 0 aliphatic heterocycles. The van der Waals surface area contributed by atoms with Gasteiger partial charge < -0.3 is 0 Å². The van der Waals surface area contributed by atoms with Crippen molar-refractivity contribution in [2.45, 2.75) is 6.18 Å². The topological polar surface area (TPSA) is 88.5 Å². The van der Waals surface area contributed by atoms with Gasteiger partial charge in [0.15, 0.2) is 0 Å². The van der Waals surface area contributed by atoms with E-state index in [9.17, 15) is 18.0 Å². The van der Waals surface area contributed by atoms with Gasteiger partial charge in [0.05, 0.1) is 17.4 Å². The lowest BCUT2D eigenvalue weighted by Gasteiger charge is -2.00. The maximum absolute atomic E-state index is 12.4. The zero-order chi connectivity index (χ0) is 16.4. The molecule has 0 saturated heterocycles. The smallest absolute Gasteiger partial charge is 0.289 e. The van der Waals surface area contributed by atoms with Crippen LogP contribution in [-0.2, 0) is 6.18 Å². The quantitative estimate of drug-likeness (QED) is 0.774. The van der Waals surface area contributed by atoms with Crippen LogP contribution in [0.2, 0.25) is 0 Å². The Bertz CT molecular complexity index is 824. The third-order valence-electron chi connectivity index (χ3n) is 2.84. The predicted molar refractivity (Wildman–Crippen MR) is 72.9 cm³/mol. The molecule has 2 heterocycles. The fourth-order valence-electron chi connectivity index (χ4n) is 1.78. The Balaban J connectivity index is 1.74. The van der Waals surface area contributed by atoms with Crippen molar-refractivity contribution in [1.82, 2.24) is 25.0 Å². The van der Waals surface area contributed by atoms with E-state index in [2.05, 4.69) is 20.5 Å². The average molecular weight is 322 g/mol. The van der Waals surface area contributed by atoms with E-state index in [4.69, 9.17) is 0 Å². The molecule has 0 fully saturated rings. The summed E-state index contributed by atoms with van der Waals surface area (Å²) < 4.78 is 38.6. The first kappa shape index (κ1) is 14.8. The van der Waals surface area contributed by atoms with Crippen LogP contribution in [-0.4, -0.2) is 30.9 Å². The first-order valence-electron chi connectivity index (χ1n) is 6.34. The van der Waals surface area contributed by atoms with Crippen LogP contribution in [0.5, 0.6) is 0 Å². The van der Waals surface area contributed by atoms with Crippen LogP contribution in [0.1, 0.15) is 16.2 Å². The maximum Gasteiger partial charge on any atom is 0.451 e. The summed E-state index contributed by atoms with van der Waals surface area (Å²) >= 11 is 0. The molecule has 3 rings (SSSR count). The number of aromatic nitrogens is 5. The third kappa shape index (κ3) is 3.20. The number of rotatable bonds is 3. The number of alkyl halides is 3. The molecule has 23 heavy (non-hydrogen) atoms. The number of benzene rings is 1. The highest BCUT2D eigenvalue weighted by Crippen LogP contribution is 2.26. The van der Waals surface area contributed by atoms with Gasteiger partial charge in [0.2, 0.25) is 11.8 Å². The molecule has 10 heteroatoms. The Morgan fingerprint density at radius 2 is 1.96 bits per heavy atom. The van der Waals surface area contributed by atoms with Crippen molar-refractivity contribution in [2.24, 2.45) is 0 Å². The van der Waals surface area contributed by atoms with E-state index in [0.29, 0.717) is 0 Å². The summed E-state index contributed by atoms with van der Waals surface area (Å²) in [4.78, 5) is 15.1. The van der Waals surface area contributed by atoms with Gasteiger partial charge in [-0.1, -0.05) is 18.2 Å². The van der Waals surface area contributed by atoms with Crippen molar-refractivity contribution in [2.75, 3.05) is 5.32 Å². The largest absolute Gasteiger partial charge is 0.451 e. The number of amides is 1. The number of nitrogens with zero attached hydrogens (tertiary/aromatic N) is 4. The molecular formula is C13H9F3N6O. The molecule has 1 aromatic carbocycles. The molecule has 0 radical (unpaired) electrons. The fraction of sp³-hybridized carbons (Fsp3) is 0.0769. The standard InChI is InChI=1S/C13H9F3N6O/c14-13(15,16)11-19-12(21-20-11)18-10(23)8-6-17-22(7-8)9-4-2-1-3-5-9/h1-7H,(H2,18,19,20,21,23). The number of hydrogen-bond donors (Lipinski definition) is 2. The molecule has 0 unspecified atom stereocenters. The highest BCUT2D eigenvalue weighted by Gasteiger charge is 2.35. The highest BCUT2D eigenvalue weighted by molar-refractivity contribution is 6.03. The van der Waals surface area contributed by atoms with Crippen LogP contribution < -0.4 is 5.32 Å². The molecule has 0 aliphatic rings. The second-order valence-electron chi connectivity index (χ2n) is 4.47. The first-order chi connectivity index (χ1) is 10.9. The maximum atomic E-state index is 12.4. The van der Waals surface area contributed by atoms with E-state index in [1.807, 2.05) is 18.2 Å². The van der Waals surface area contributed by atoms with Gasteiger partial charge in [-0.2, -0.15) is 23.3 Å². The minimum Gasteiger partial charge on any atom is -0.289 e. The minimum atomic E-state index is -4.66. The number of carbonyl (C=O) groups excluding carboxylic acids is 1. The fourth-order valence-corrected chi connectivity index (χ4v) is 1.78. The molecule has 1 amide bonds. The van der Waals surface area contributed by atoms with Crippen molar-refractivity contribution in [3.8, 4) is 5.69 Å². The van der Waals surface area contributed by atoms with E-state index in [0.717, 1.165) is 5.69 Å². The van der Waals surface area contributed by atoms with Gasteiger partial charge in [0, 0.05) is 6.20 Å². The van der Waals surface area contributed by atoms with E-state index < -0.39 is 23.9 Å². The van der Waals surface area contributed by atoms with Gasteiger partial charge in [0.25, 0.3) is 5.91 Å². The van der Waals surface area contributed by atoms with E-state index >= 15 is 0 Å². The summed E-state index contributed by atoms with van der Waals surface area (Å²) in [7, 11) is 0. The molecular weight excluding hydrogens is 313 g/mol. The predicted octanol–water partition coefficient (Wildman–Crippen LogP) is 2.26. The SMILES string of the molecule is O=C(Nc1n[nH]c(C(F)(F)F)n1)c1cnn(-c2ccccc2)c1. The summed E-state index contributed by atoms with van der Waals surface area (Å²) in [6.45, 7) is 0. The van der Waals surface area contributed by atoms with E-state index in [1.165, 1.54) is 17.1 Å². The molecule has 118 valence electrons. The highest BCUT2D eigenvalue weighted by atomic mass is 19.4. The Morgan fingerprint density at radius 3 is 2.61 bits per heavy atom. The number of nitrogens with one attached hydrogen (secondary N) is 2. The van der Waals surface area contributed by atoms with E-state index in [1.54, 1.807) is 17.2 Å². The van der Waals surface area contributed by atoms with Gasteiger partial charge >= 0.3 is 6.18 Å². The van der Waals surface area contributed by atoms with Crippen molar-refractivity contribution < 1.29 is 18.0 Å². The summed E-state index contributed by atoms with van der Waals surface area (Å²) in [5, 5.41) is 11.2. The number of carbonyl (C=O) groups is 1. The molecule has 3 aromatic rings. The summed E-state index contributed by atoms with van der Waals surface area (Å²) in [6, 6.07) is 9.04. The molecule has 7 nitrogen and oxygen atoms in total. The van der Waals surface area contributed by atoms with Crippen molar-refractivity contribution in [1.29, 1.82) is 0 Å². The molecule has 0 bridgehead atoms. The summed E-state index contributed by atoms with van der Waals surface area (Å²) in [5.41, 5.74) is 0.899. The number of H-pyrrole nitrogens is 1. The normalized spacial score (nSPS) is 11.4. The van der Waals surface area contributed by atoms with Gasteiger partial charge in [-0.3, -0.25) is 15.2 Å². The van der Waals surface area contributed by atoms with Gasteiger partial charge in [0.1, 0.15) is 0 Å². The molecule has 0 saturated carbocycles. The Morgan fingerprint density at radius 1 is 1.22 bits per heavy atom. The summed E-state index contributed by atoms with van der Waals surface area (Å²) in [5.74, 6) is -2.41. The molecule has 0 aliphatic carbocycles. The summed E-state index contributed by atoms with van der Waals surface area (Å²) in [6.07, 6.45) is -1.92. The molecule has 0 atom stereocenters. The van der Waals surface area contributed by atoms with Gasteiger partial charge in [-0.15, -0.1) is 5.10 Å². The van der Waals surface area contributed by atoms with Crippen LogP contribution in [0.4, 0.5) is 19.1 Å². The Kier molecular flexibility index (Phi) is 3.56. The molecule has 2 N–H and O–H groups in total. The second kappa shape index (κ2) is 5.55. The second-order valence-corrected chi connectivity index (χ2v) is 4.47. The zero-order valence-electron chi connectivity index (χ0n) is 11.4. The number of hydrogen-bond acceptors (Lipinski definition) is 4. The van der Waals surface area contributed by atoms with Crippen molar-refractivity contribution >= 4 is 11.9 Å². The van der Waals surface area contributed by atoms with Crippen LogP contribution in [0.15, 0.2) is 42.7 Å². The lowest BCUT2D eigenvalue weighted by atomic mass is 10.3. The molecule has 0 spiro atoms.